The van der Waals surface area contributed by atoms with Crippen LogP contribution in [0, 0.1) is 6.92 Å². The largest absolute Gasteiger partial charge is 0.361 e. The number of aromatic amines is 1. The Morgan fingerprint density at radius 2 is 1.61 bits per heavy atom. The number of aromatic nitrogens is 3. The summed E-state index contributed by atoms with van der Waals surface area (Å²) < 4.78 is 0. The van der Waals surface area contributed by atoms with E-state index in [9.17, 15) is 4.79 Å². The summed E-state index contributed by atoms with van der Waals surface area (Å²) in [4.78, 5) is 32.2. The van der Waals surface area contributed by atoms with Crippen LogP contribution in [0.5, 0.6) is 0 Å². The van der Waals surface area contributed by atoms with Gasteiger partial charge in [-0.05, 0) is 37.8 Å². The van der Waals surface area contributed by atoms with Crippen molar-refractivity contribution >= 4 is 28.4 Å². The number of nitrogens with one attached hydrogen (secondary N) is 1. The number of benzene rings is 1. The molecule has 1 N–H and O–H groups in total. The zero-order valence-corrected chi connectivity index (χ0v) is 18.2. The summed E-state index contributed by atoms with van der Waals surface area (Å²) >= 11 is 0. The van der Waals surface area contributed by atoms with Crippen LogP contribution < -0.4 is 9.80 Å². The van der Waals surface area contributed by atoms with Crippen LogP contribution in [0.25, 0.3) is 10.9 Å². The SMILES string of the molecule is Cc1nc(N2CCCCC2)cc(N2CCN(C(=O)Cc3c[nH]c4ccccc34)CC2)n1. The molecule has 0 unspecified atom stereocenters. The molecule has 0 bridgehead atoms. The molecule has 0 saturated carbocycles. The number of piperazine rings is 1. The fraction of sp³-hybridized carbons (Fsp3) is 0.458. The second kappa shape index (κ2) is 8.57. The van der Waals surface area contributed by atoms with E-state index in [1.54, 1.807) is 0 Å². The topological polar surface area (TPSA) is 68.4 Å². The third-order valence-corrected chi connectivity index (χ3v) is 6.46. The zero-order chi connectivity index (χ0) is 21.2. The van der Waals surface area contributed by atoms with Crippen molar-refractivity contribution in [2.24, 2.45) is 0 Å². The van der Waals surface area contributed by atoms with Gasteiger partial charge in [-0.25, -0.2) is 9.97 Å². The molecule has 1 amide bonds. The van der Waals surface area contributed by atoms with Gasteiger partial charge in [0.25, 0.3) is 0 Å². The minimum absolute atomic E-state index is 0.192. The van der Waals surface area contributed by atoms with Gasteiger partial charge >= 0.3 is 0 Å². The molecule has 0 radical (unpaired) electrons. The van der Waals surface area contributed by atoms with Gasteiger partial charge in [-0.1, -0.05) is 18.2 Å². The highest BCUT2D eigenvalue weighted by atomic mass is 16.2. The molecule has 162 valence electrons. The van der Waals surface area contributed by atoms with Gasteiger partial charge < -0.3 is 19.7 Å². The molecule has 1 aromatic carbocycles. The van der Waals surface area contributed by atoms with Crippen molar-refractivity contribution in [3.8, 4) is 0 Å². The van der Waals surface area contributed by atoms with Gasteiger partial charge in [-0.3, -0.25) is 4.79 Å². The van der Waals surface area contributed by atoms with Gasteiger partial charge in [-0.2, -0.15) is 0 Å². The van der Waals surface area contributed by atoms with Crippen LogP contribution in [-0.4, -0.2) is 65.0 Å². The average Bonchev–Trinajstić information content (AvgIpc) is 3.22. The number of rotatable bonds is 4. The van der Waals surface area contributed by atoms with Crippen LogP contribution in [0.15, 0.2) is 36.5 Å². The predicted molar refractivity (Wildman–Crippen MR) is 124 cm³/mol. The van der Waals surface area contributed by atoms with Gasteiger partial charge in [0.1, 0.15) is 17.5 Å². The lowest BCUT2D eigenvalue weighted by atomic mass is 10.1. The van der Waals surface area contributed by atoms with Crippen LogP contribution in [0.1, 0.15) is 30.7 Å². The molecule has 31 heavy (non-hydrogen) atoms. The van der Waals surface area contributed by atoms with Crippen molar-refractivity contribution in [1.29, 1.82) is 0 Å². The molecule has 2 aliphatic rings. The Morgan fingerprint density at radius 3 is 2.35 bits per heavy atom. The molecular formula is C24H30N6O. The maximum absolute atomic E-state index is 12.9. The molecule has 0 atom stereocenters. The van der Waals surface area contributed by atoms with Gasteiger partial charge in [0.15, 0.2) is 0 Å². The highest BCUT2D eigenvalue weighted by Crippen LogP contribution is 2.24. The first-order valence-electron chi connectivity index (χ1n) is 11.4. The van der Waals surface area contributed by atoms with Gasteiger partial charge in [0.2, 0.25) is 5.91 Å². The maximum Gasteiger partial charge on any atom is 0.227 e. The number of H-pyrrole nitrogens is 1. The minimum Gasteiger partial charge on any atom is -0.361 e. The second-order valence-corrected chi connectivity index (χ2v) is 8.58. The maximum atomic E-state index is 12.9. The number of para-hydroxylation sites is 1. The number of amides is 1. The Balaban J connectivity index is 1.23. The molecule has 4 heterocycles. The summed E-state index contributed by atoms with van der Waals surface area (Å²) in [7, 11) is 0. The lowest BCUT2D eigenvalue weighted by molar-refractivity contribution is -0.130. The smallest absolute Gasteiger partial charge is 0.227 e. The number of hydrogen-bond donors (Lipinski definition) is 1. The van der Waals surface area contributed by atoms with E-state index in [0.717, 1.165) is 73.2 Å². The Hall–Kier alpha value is -3.09. The Bertz CT molecular complexity index is 1060. The third-order valence-electron chi connectivity index (χ3n) is 6.46. The highest BCUT2D eigenvalue weighted by molar-refractivity contribution is 5.89. The first-order valence-corrected chi connectivity index (χ1v) is 11.4. The molecule has 3 aromatic rings. The van der Waals surface area contributed by atoms with Gasteiger partial charge in [-0.15, -0.1) is 0 Å². The van der Waals surface area contributed by atoms with Crippen molar-refractivity contribution in [3.05, 3.63) is 47.9 Å². The first-order chi connectivity index (χ1) is 15.2. The summed E-state index contributed by atoms with van der Waals surface area (Å²) in [6.07, 6.45) is 6.17. The minimum atomic E-state index is 0.192. The van der Waals surface area contributed by atoms with Crippen molar-refractivity contribution in [2.45, 2.75) is 32.6 Å². The number of fused-ring (bicyclic) bond motifs is 1. The molecule has 7 heteroatoms. The number of hydrogen-bond acceptors (Lipinski definition) is 5. The Kier molecular flexibility index (Phi) is 5.49. The van der Waals surface area contributed by atoms with E-state index < -0.39 is 0 Å². The number of aryl methyl sites for hydroxylation is 1. The lowest BCUT2D eigenvalue weighted by Crippen LogP contribution is -2.49. The molecule has 0 aliphatic carbocycles. The number of nitrogens with zero attached hydrogens (tertiary/aromatic N) is 5. The van der Waals surface area contributed by atoms with Crippen LogP contribution in [0.3, 0.4) is 0 Å². The van der Waals surface area contributed by atoms with Gasteiger partial charge in [0, 0.05) is 62.4 Å². The fourth-order valence-electron chi connectivity index (χ4n) is 4.72. The third kappa shape index (κ3) is 4.22. The van der Waals surface area contributed by atoms with Gasteiger partial charge in [0.05, 0.1) is 6.42 Å². The molecule has 2 saturated heterocycles. The normalized spacial score (nSPS) is 17.4. The van der Waals surface area contributed by atoms with E-state index in [1.165, 1.54) is 19.3 Å². The van der Waals surface area contributed by atoms with E-state index in [-0.39, 0.29) is 5.91 Å². The summed E-state index contributed by atoms with van der Waals surface area (Å²) in [5, 5.41) is 1.14. The summed E-state index contributed by atoms with van der Waals surface area (Å²) in [6.45, 7) is 7.17. The first kappa shape index (κ1) is 19.8. The zero-order valence-electron chi connectivity index (χ0n) is 18.2. The number of piperidine rings is 1. The van der Waals surface area contributed by atoms with E-state index in [0.29, 0.717) is 6.42 Å². The summed E-state index contributed by atoms with van der Waals surface area (Å²) in [5.41, 5.74) is 2.15. The van der Waals surface area contributed by atoms with E-state index >= 15 is 0 Å². The van der Waals surface area contributed by atoms with Crippen molar-refractivity contribution < 1.29 is 4.79 Å². The van der Waals surface area contributed by atoms with Crippen molar-refractivity contribution in [1.82, 2.24) is 19.9 Å². The fourth-order valence-corrected chi connectivity index (χ4v) is 4.72. The molecule has 2 aliphatic heterocycles. The summed E-state index contributed by atoms with van der Waals surface area (Å²) in [6, 6.07) is 10.3. The molecule has 5 rings (SSSR count). The molecular weight excluding hydrogens is 388 g/mol. The highest BCUT2D eigenvalue weighted by Gasteiger charge is 2.24. The van der Waals surface area contributed by atoms with Crippen LogP contribution in [0.2, 0.25) is 0 Å². The number of carbonyl (C=O) groups excluding carboxylic acids is 1. The molecule has 0 spiro atoms. The quantitative estimate of drug-likeness (QED) is 0.705. The average molecular weight is 419 g/mol. The van der Waals surface area contributed by atoms with E-state index in [1.807, 2.05) is 36.2 Å². The van der Waals surface area contributed by atoms with Crippen LogP contribution in [-0.2, 0) is 11.2 Å². The molecule has 2 aromatic heterocycles. The molecule has 2 fully saturated rings. The monoisotopic (exact) mass is 418 g/mol. The molecule has 7 nitrogen and oxygen atoms in total. The standard InChI is InChI=1S/C24H30N6O/c1-18-26-22(28-9-5-2-6-10-28)16-23(27-18)29-11-13-30(14-12-29)24(31)15-19-17-25-21-8-4-3-7-20(19)21/h3-4,7-8,16-17,25H,2,5-6,9-15H2,1H3. The number of anilines is 2. The van der Waals surface area contributed by atoms with Crippen LogP contribution >= 0.6 is 0 Å². The summed E-state index contributed by atoms with van der Waals surface area (Å²) in [5.74, 6) is 3.03. The van der Waals surface area contributed by atoms with Crippen molar-refractivity contribution in [2.75, 3.05) is 49.1 Å². The van der Waals surface area contributed by atoms with Crippen molar-refractivity contribution in [3.63, 3.8) is 0 Å². The van der Waals surface area contributed by atoms with Crippen LogP contribution in [0.4, 0.5) is 11.6 Å². The second-order valence-electron chi connectivity index (χ2n) is 8.58. The Labute approximate surface area is 183 Å². The Morgan fingerprint density at radius 1 is 0.935 bits per heavy atom. The van der Waals surface area contributed by atoms with E-state index in [2.05, 4.69) is 31.9 Å². The predicted octanol–water partition coefficient (Wildman–Crippen LogP) is 3.15. The lowest BCUT2D eigenvalue weighted by Gasteiger charge is -2.36. The number of carbonyl (C=O) groups is 1. The van der Waals surface area contributed by atoms with E-state index in [4.69, 9.17) is 4.98 Å².